The first-order valence-corrected chi connectivity index (χ1v) is 8.18. The quantitative estimate of drug-likeness (QED) is 0.739. The molecule has 0 bridgehead atoms. The van der Waals surface area contributed by atoms with E-state index in [2.05, 4.69) is 5.32 Å². The molecule has 0 aliphatic carbocycles. The number of carbonyl (C=O) groups is 1. The molecule has 0 saturated carbocycles. The van der Waals surface area contributed by atoms with Crippen molar-refractivity contribution in [3.8, 4) is 17.2 Å². The molecular weight excluding hydrogens is 330 g/mol. The highest BCUT2D eigenvalue weighted by Gasteiger charge is 2.16. The second kappa shape index (κ2) is 7.35. The number of nitrogens with one attached hydrogen (secondary N) is 1. The van der Waals surface area contributed by atoms with E-state index in [4.69, 9.17) is 14.2 Å². The van der Waals surface area contributed by atoms with Crippen LogP contribution in [0.25, 0.3) is 10.8 Å². The molecule has 3 aromatic carbocycles. The average Bonchev–Trinajstić information content (AvgIpc) is 2.67. The van der Waals surface area contributed by atoms with Crippen LogP contribution in [0.2, 0.25) is 0 Å². The predicted octanol–water partition coefficient (Wildman–Crippen LogP) is 4.43. The number of hydrogen-bond acceptors (Lipinski definition) is 4. The zero-order chi connectivity index (χ0) is 18.7. The molecule has 0 unspecified atom stereocenters. The van der Waals surface area contributed by atoms with Crippen LogP contribution in [-0.4, -0.2) is 27.2 Å². The Morgan fingerprint density at radius 2 is 1.38 bits per heavy atom. The molecule has 0 atom stereocenters. The van der Waals surface area contributed by atoms with Gasteiger partial charge in [0, 0.05) is 11.8 Å². The van der Waals surface area contributed by atoms with Crippen molar-refractivity contribution < 1.29 is 19.0 Å². The van der Waals surface area contributed by atoms with Crippen LogP contribution < -0.4 is 19.5 Å². The van der Waals surface area contributed by atoms with Crippen LogP contribution in [-0.2, 0) is 0 Å². The van der Waals surface area contributed by atoms with Crippen molar-refractivity contribution in [1.29, 1.82) is 0 Å². The lowest BCUT2D eigenvalue weighted by Crippen LogP contribution is -2.14. The molecule has 5 heteroatoms. The Kier molecular flexibility index (Phi) is 4.98. The zero-order valence-electron chi connectivity index (χ0n) is 15.3. The number of rotatable bonds is 5. The smallest absolute Gasteiger partial charge is 0.259 e. The number of fused-ring (bicyclic) bond motifs is 1. The van der Waals surface area contributed by atoms with Crippen LogP contribution in [0, 0.1) is 6.92 Å². The molecule has 1 N–H and O–H groups in total. The highest BCUT2D eigenvalue weighted by atomic mass is 16.5. The lowest BCUT2D eigenvalue weighted by molar-refractivity contribution is 0.102. The van der Waals surface area contributed by atoms with Gasteiger partial charge in [-0.25, -0.2) is 0 Å². The Morgan fingerprint density at radius 3 is 2.00 bits per heavy atom. The summed E-state index contributed by atoms with van der Waals surface area (Å²) in [6, 6.07) is 15.1. The SMILES string of the molecule is COc1cc(C)c(NC(=O)c2cc3ccccc3cc2OC)cc1OC. The number of amides is 1. The van der Waals surface area contributed by atoms with Gasteiger partial charge >= 0.3 is 0 Å². The van der Waals surface area contributed by atoms with Gasteiger partial charge in [0.05, 0.1) is 26.9 Å². The molecule has 0 aliphatic heterocycles. The molecule has 0 fully saturated rings. The number of methoxy groups -OCH3 is 3. The molecule has 3 aromatic rings. The minimum atomic E-state index is -0.247. The van der Waals surface area contributed by atoms with Crippen molar-refractivity contribution >= 4 is 22.4 Å². The summed E-state index contributed by atoms with van der Waals surface area (Å²) >= 11 is 0. The Labute approximate surface area is 152 Å². The largest absolute Gasteiger partial charge is 0.496 e. The fraction of sp³-hybridized carbons (Fsp3) is 0.190. The van der Waals surface area contributed by atoms with E-state index >= 15 is 0 Å². The molecule has 26 heavy (non-hydrogen) atoms. The third-order valence-electron chi connectivity index (χ3n) is 4.29. The molecule has 3 rings (SSSR count). The third-order valence-corrected chi connectivity index (χ3v) is 4.29. The summed E-state index contributed by atoms with van der Waals surface area (Å²) in [5, 5.41) is 4.93. The fourth-order valence-corrected chi connectivity index (χ4v) is 2.87. The van der Waals surface area contributed by atoms with Crippen molar-refractivity contribution in [2.24, 2.45) is 0 Å². The van der Waals surface area contributed by atoms with Crippen molar-refractivity contribution in [1.82, 2.24) is 0 Å². The molecule has 1 amide bonds. The Bertz CT molecular complexity index is 966. The Morgan fingerprint density at radius 1 is 0.808 bits per heavy atom. The summed E-state index contributed by atoms with van der Waals surface area (Å²) in [7, 11) is 4.70. The van der Waals surface area contributed by atoms with Gasteiger partial charge in [-0.3, -0.25) is 4.79 Å². The minimum absolute atomic E-state index is 0.247. The summed E-state index contributed by atoms with van der Waals surface area (Å²) in [6.07, 6.45) is 0. The molecule has 0 heterocycles. The molecule has 0 aromatic heterocycles. The van der Waals surface area contributed by atoms with Gasteiger partial charge in [0.1, 0.15) is 5.75 Å². The standard InChI is InChI=1S/C21H21NO4/c1-13-9-19(25-3)20(26-4)12-17(13)22-21(23)16-10-14-7-5-6-8-15(14)11-18(16)24-2/h5-12H,1-4H3,(H,22,23). The summed E-state index contributed by atoms with van der Waals surface area (Å²) < 4.78 is 16.0. The van der Waals surface area contributed by atoms with E-state index < -0.39 is 0 Å². The summed E-state index contributed by atoms with van der Waals surface area (Å²) in [5.41, 5.74) is 2.00. The van der Waals surface area contributed by atoms with Gasteiger partial charge < -0.3 is 19.5 Å². The minimum Gasteiger partial charge on any atom is -0.496 e. The van der Waals surface area contributed by atoms with E-state index in [1.54, 1.807) is 27.4 Å². The highest BCUT2D eigenvalue weighted by Crippen LogP contribution is 2.34. The lowest BCUT2D eigenvalue weighted by Gasteiger charge is -2.15. The molecule has 0 spiro atoms. The summed E-state index contributed by atoms with van der Waals surface area (Å²) in [6.45, 7) is 1.90. The van der Waals surface area contributed by atoms with E-state index in [-0.39, 0.29) is 5.91 Å². The monoisotopic (exact) mass is 351 g/mol. The van der Waals surface area contributed by atoms with Crippen LogP contribution >= 0.6 is 0 Å². The first-order chi connectivity index (χ1) is 12.6. The van der Waals surface area contributed by atoms with Crippen LogP contribution in [0.4, 0.5) is 5.69 Å². The summed E-state index contributed by atoms with van der Waals surface area (Å²) in [4.78, 5) is 12.9. The first-order valence-electron chi connectivity index (χ1n) is 8.18. The molecule has 0 aliphatic rings. The van der Waals surface area contributed by atoms with Crippen molar-refractivity contribution in [2.45, 2.75) is 6.92 Å². The van der Waals surface area contributed by atoms with Crippen LogP contribution in [0.5, 0.6) is 17.2 Å². The Hall–Kier alpha value is -3.21. The second-order valence-corrected chi connectivity index (χ2v) is 5.88. The molecular formula is C21H21NO4. The van der Waals surface area contributed by atoms with E-state index in [0.29, 0.717) is 28.5 Å². The molecule has 0 radical (unpaired) electrons. The van der Waals surface area contributed by atoms with E-state index in [1.165, 1.54) is 0 Å². The van der Waals surface area contributed by atoms with Gasteiger partial charge in [-0.15, -0.1) is 0 Å². The van der Waals surface area contributed by atoms with Crippen molar-refractivity contribution in [2.75, 3.05) is 26.6 Å². The maximum atomic E-state index is 12.9. The van der Waals surface area contributed by atoms with E-state index in [9.17, 15) is 4.79 Å². The number of hydrogen-bond donors (Lipinski definition) is 1. The first kappa shape index (κ1) is 17.6. The number of carbonyl (C=O) groups excluding carboxylic acids is 1. The number of ether oxygens (including phenoxy) is 3. The maximum absolute atomic E-state index is 12.9. The van der Waals surface area contributed by atoms with Crippen molar-refractivity contribution in [3.05, 3.63) is 59.7 Å². The van der Waals surface area contributed by atoms with Crippen LogP contribution in [0.3, 0.4) is 0 Å². The predicted molar refractivity (Wildman–Crippen MR) is 103 cm³/mol. The number of aryl methyl sites for hydroxylation is 1. The van der Waals surface area contributed by atoms with Crippen LogP contribution in [0.15, 0.2) is 48.5 Å². The normalized spacial score (nSPS) is 10.5. The van der Waals surface area contributed by atoms with Gasteiger partial charge in [-0.05, 0) is 41.5 Å². The third kappa shape index (κ3) is 3.28. The summed E-state index contributed by atoms with van der Waals surface area (Å²) in [5.74, 6) is 1.45. The van der Waals surface area contributed by atoms with Crippen LogP contribution in [0.1, 0.15) is 15.9 Å². The zero-order valence-corrected chi connectivity index (χ0v) is 15.3. The lowest BCUT2D eigenvalue weighted by atomic mass is 10.0. The molecule has 5 nitrogen and oxygen atoms in total. The topological polar surface area (TPSA) is 56.8 Å². The van der Waals surface area contributed by atoms with E-state index in [1.807, 2.05) is 49.4 Å². The van der Waals surface area contributed by atoms with Gasteiger partial charge in [0.2, 0.25) is 0 Å². The Balaban J connectivity index is 1.99. The second-order valence-electron chi connectivity index (χ2n) is 5.88. The van der Waals surface area contributed by atoms with Crippen molar-refractivity contribution in [3.63, 3.8) is 0 Å². The maximum Gasteiger partial charge on any atom is 0.259 e. The molecule has 0 saturated heterocycles. The highest BCUT2D eigenvalue weighted by molar-refractivity contribution is 6.09. The number of anilines is 1. The van der Waals surface area contributed by atoms with Gasteiger partial charge in [0.25, 0.3) is 5.91 Å². The van der Waals surface area contributed by atoms with Gasteiger partial charge in [-0.1, -0.05) is 24.3 Å². The van der Waals surface area contributed by atoms with Gasteiger partial charge in [-0.2, -0.15) is 0 Å². The number of benzene rings is 3. The fourth-order valence-electron chi connectivity index (χ4n) is 2.87. The average molecular weight is 351 g/mol. The molecule has 134 valence electrons. The van der Waals surface area contributed by atoms with Gasteiger partial charge in [0.15, 0.2) is 11.5 Å². The van der Waals surface area contributed by atoms with E-state index in [0.717, 1.165) is 16.3 Å².